The van der Waals surface area contributed by atoms with Crippen LogP contribution < -0.4 is 4.74 Å². The summed E-state index contributed by atoms with van der Waals surface area (Å²) < 4.78 is 11.6. The first-order valence-electron chi connectivity index (χ1n) is 10.1. The molecule has 0 radical (unpaired) electrons. The number of esters is 1. The summed E-state index contributed by atoms with van der Waals surface area (Å²) in [6, 6.07) is 17.9. The monoisotopic (exact) mass is 457 g/mol. The average molecular weight is 458 g/mol. The van der Waals surface area contributed by atoms with Gasteiger partial charge in [0.2, 0.25) is 0 Å². The Morgan fingerprint density at radius 1 is 1.09 bits per heavy atom. The van der Waals surface area contributed by atoms with Gasteiger partial charge in [-0.15, -0.1) is 11.3 Å². The van der Waals surface area contributed by atoms with Crippen molar-refractivity contribution >= 4 is 49.8 Å². The number of aromatic nitrogens is 2. The number of aliphatic imine (C=N–C) groups is 1. The molecule has 0 unspecified atom stereocenters. The smallest absolute Gasteiger partial charge is 0.337 e. The zero-order valence-corrected chi connectivity index (χ0v) is 18.6. The van der Waals surface area contributed by atoms with Gasteiger partial charge in [-0.2, -0.15) is 0 Å². The average Bonchev–Trinajstić information content (AvgIpc) is 3.43. The maximum absolute atomic E-state index is 11.7. The van der Waals surface area contributed by atoms with E-state index in [1.54, 1.807) is 41.9 Å². The summed E-state index contributed by atoms with van der Waals surface area (Å²) >= 11 is 1.53. The van der Waals surface area contributed by atoms with E-state index in [2.05, 4.69) is 9.97 Å². The van der Waals surface area contributed by atoms with E-state index in [-0.39, 0.29) is 5.88 Å². The molecule has 2 heterocycles. The van der Waals surface area contributed by atoms with Gasteiger partial charge in [0.1, 0.15) is 11.5 Å². The quantitative estimate of drug-likeness (QED) is 0.242. The molecule has 0 saturated heterocycles. The van der Waals surface area contributed by atoms with Crippen LogP contribution >= 0.6 is 11.3 Å². The molecular weight excluding hydrogens is 438 g/mol. The van der Waals surface area contributed by atoms with E-state index in [0.717, 1.165) is 21.1 Å². The van der Waals surface area contributed by atoms with Crippen molar-refractivity contribution in [2.45, 2.75) is 6.92 Å². The van der Waals surface area contributed by atoms with Gasteiger partial charge in [-0.05, 0) is 61.5 Å². The summed E-state index contributed by atoms with van der Waals surface area (Å²) in [4.78, 5) is 23.8. The molecule has 0 spiro atoms. The first kappa shape index (κ1) is 20.7. The second-order valence-electron chi connectivity index (χ2n) is 7.35. The Morgan fingerprint density at radius 2 is 1.91 bits per heavy atom. The van der Waals surface area contributed by atoms with Crippen molar-refractivity contribution in [1.82, 2.24) is 9.97 Å². The summed E-state index contributed by atoms with van der Waals surface area (Å²) in [5, 5.41) is 11.5. The standard InChI is InChI=1S/C25H19N3O4S/c1-14(21-22-19(28-24(21)29)10-11-20-23(22)33-13-26-20)27-16-6-8-17(9-7-16)32-18-5-3-4-15(12-18)25(30)31-2/h3-13,28-29H,1-2H3. The number of H-pyrrole nitrogens is 1. The van der Waals surface area contributed by atoms with E-state index in [0.29, 0.717) is 34.0 Å². The van der Waals surface area contributed by atoms with Crippen LogP contribution in [-0.4, -0.2) is 33.9 Å². The van der Waals surface area contributed by atoms with Gasteiger partial charge in [-0.1, -0.05) is 6.07 Å². The molecule has 0 amide bonds. The Balaban J connectivity index is 1.42. The highest BCUT2D eigenvalue weighted by Gasteiger charge is 2.17. The van der Waals surface area contributed by atoms with Crippen LogP contribution in [0.4, 0.5) is 5.69 Å². The fourth-order valence-electron chi connectivity index (χ4n) is 3.72. The Bertz CT molecular complexity index is 1520. The van der Waals surface area contributed by atoms with Gasteiger partial charge in [0.25, 0.3) is 0 Å². The number of hydrogen-bond donors (Lipinski definition) is 2. The molecule has 0 fully saturated rings. The third-order valence-electron chi connectivity index (χ3n) is 5.23. The van der Waals surface area contributed by atoms with Gasteiger partial charge in [0.05, 0.1) is 50.9 Å². The molecular formula is C25H19N3O4S. The molecule has 0 atom stereocenters. The molecule has 2 N–H and O–H groups in total. The second kappa shape index (κ2) is 8.40. The number of aromatic amines is 1. The van der Waals surface area contributed by atoms with Crippen molar-refractivity contribution in [3.05, 3.63) is 77.3 Å². The van der Waals surface area contributed by atoms with E-state index in [1.165, 1.54) is 18.4 Å². The summed E-state index contributed by atoms with van der Waals surface area (Å²) in [7, 11) is 1.34. The minimum absolute atomic E-state index is 0.0811. The van der Waals surface area contributed by atoms with Crippen molar-refractivity contribution in [1.29, 1.82) is 0 Å². The molecule has 0 aliphatic carbocycles. The minimum atomic E-state index is -0.420. The van der Waals surface area contributed by atoms with E-state index in [1.807, 2.05) is 31.2 Å². The highest BCUT2D eigenvalue weighted by atomic mass is 32.1. The maximum Gasteiger partial charge on any atom is 0.337 e. The van der Waals surface area contributed by atoms with Crippen LogP contribution in [0.2, 0.25) is 0 Å². The van der Waals surface area contributed by atoms with Crippen LogP contribution in [-0.2, 0) is 4.74 Å². The number of thiazole rings is 1. The molecule has 0 aliphatic rings. The molecule has 0 aliphatic heterocycles. The predicted molar refractivity (Wildman–Crippen MR) is 129 cm³/mol. The second-order valence-corrected chi connectivity index (χ2v) is 8.20. The Kier molecular flexibility index (Phi) is 5.27. The van der Waals surface area contributed by atoms with E-state index in [9.17, 15) is 9.90 Å². The molecule has 0 bridgehead atoms. The predicted octanol–water partition coefficient (Wildman–Crippen LogP) is 6.20. The van der Waals surface area contributed by atoms with Gasteiger partial charge < -0.3 is 19.6 Å². The summed E-state index contributed by atoms with van der Waals surface area (Å²) in [6.45, 7) is 1.87. The molecule has 8 heteroatoms. The number of nitrogens with zero attached hydrogens (tertiary/aromatic N) is 2. The van der Waals surface area contributed by atoms with Gasteiger partial charge in [-0.3, -0.25) is 4.99 Å². The van der Waals surface area contributed by atoms with Crippen LogP contribution in [0.1, 0.15) is 22.8 Å². The Hall–Kier alpha value is -4.17. The van der Waals surface area contributed by atoms with Crippen LogP contribution in [0, 0.1) is 0 Å². The first-order valence-corrected chi connectivity index (χ1v) is 11.0. The Morgan fingerprint density at radius 3 is 2.70 bits per heavy atom. The van der Waals surface area contributed by atoms with Crippen LogP contribution in [0.3, 0.4) is 0 Å². The molecule has 5 rings (SSSR count). The number of fused-ring (bicyclic) bond motifs is 3. The number of nitrogens with one attached hydrogen (secondary N) is 1. The Labute approximate surface area is 193 Å². The number of carbonyl (C=O) groups excluding carboxylic acids is 1. The number of hydrogen-bond acceptors (Lipinski definition) is 7. The fourth-order valence-corrected chi connectivity index (χ4v) is 4.56. The number of rotatable bonds is 5. The topological polar surface area (TPSA) is 96.8 Å². The van der Waals surface area contributed by atoms with E-state index in [4.69, 9.17) is 14.5 Å². The van der Waals surface area contributed by atoms with Crippen LogP contribution in [0.5, 0.6) is 17.4 Å². The lowest BCUT2D eigenvalue weighted by Crippen LogP contribution is -2.00. The molecule has 0 saturated carbocycles. The lowest BCUT2D eigenvalue weighted by Gasteiger charge is -2.07. The number of ether oxygens (including phenoxy) is 2. The van der Waals surface area contributed by atoms with Crippen molar-refractivity contribution in [3.8, 4) is 17.4 Å². The first-order chi connectivity index (χ1) is 16.0. The fraction of sp³-hybridized carbons (Fsp3) is 0.0800. The lowest BCUT2D eigenvalue weighted by atomic mass is 10.1. The molecule has 2 aromatic heterocycles. The highest BCUT2D eigenvalue weighted by molar-refractivity contribution is 7.17. The zero-order valence-electron chi connectivity index (χ0n) is 17.8. The normalized spacial score (nSPS) is 11.8. The lowest BCUT2D eigenvalue weighted by molar-refractivity contribution is 0.0600. The molecule has 7 nitrogen and oxygen atoms in total. The van der Waals surface area contributed by atoms with Gasteiger partial charge in [0.15, 0.2) is 5.88 Å². The van der Waals surface area contributed by atoms with Crippen LogP contribution in [0.15, 0.2) is 71.2 Å². The van der Waals surface area contributed by atoms with Crippen molar-refractivity contribution in [3.63, 3.8) is 0 Å². The zero-order chi connectivity index (χ0) is 22.9. The summed E-state index contributed by atoms with van der Waals surface area (Å²) in [6.07, 6.45) is 0. The molecule has 5 aromatic rings. The third kappa shape index (κ3) is 3.92. The van der Waals surface area contributed by atoms with Gasteiger partial charge >= 0.3 is 5.97 Å². The molecule has 164 valence electrons. The van der Waals surface area contributed by atoms with E-state index >= 15 is 0 Å². The van der Waals surface area contributed by atoms with Crippen molar-refractivity contribution < 1.29 is 19.4 Å². The number of aromatic hydroxyl groups is 1. The maximum atomic E-state index is 11.7. The third-order valence-corrected chi connectivity index (χ3v) is 6.09. The summed E-state index contributed by atoms with van der Waals surface area (Å²) in [5.74, 6) is 0.798. The minimum Gasteiger partial charge on any atom is -0.494 e. The van der Waals surface area contributed by atoms with Crippen molar-refractivity contribution in [2.75, 3.05) is 7.11 Å². The largest absolute Gasteiger partial charge is 0.494 e. The van der Waals surface area contributed by atoms with E-state index < -0.39 is 5.97 Å². The van der Waals surface area contributed by atoms with Crippen molar-refractivity contribution in [2.24, 2.45) is 4.99 Å². The SMILES string of the molecule is COC(=O)c1cccc(Oc2ccc(N=C(C)c3c(O)[nH]c4ccc5ncsc5c34)cc2)c1. The van der Waals surface area contributed by atoms with Crippen LogP contribution in [0.25, 0.3) is 21.1 Å². The number of benzene rings is 3. The molecule has 33 heavy (non-hydrogen) atoms. The van der Waals surface area contributed by atoms with Gasteiger partial charge in [-0.25, -0.2) is 9.78 Å². The highest BCUT2D eigenvalue weighted by Crippen LogP contribution is 2.36. The summed E-state index contributed by atoms with van der Waals surface area (Å²) in [5.41, 5.74) is 6.00. The number of carbonyl (C=O) groups is 1. The van der Waals surface area contributed by atoms with Gasteiger partial charge in [0, 0.05) is 5.39 Å². The molecule has 3 aromatic carbocycles. The number of methoxy groups -OCH3 is 1.